The van der Waals surface area contributed by atoms with Crippen LogP contribution in [0.1, 0.15) is 29.0 Å². The number of rotatable bonds is 5. The van der Waals surface area contributed by atoms with Crippen molar-refractivity contribution in [3.8, 4) is 12.3 Å². The number of hydrogen-bond acceptors (Lipinski definition) is 2. The first-order valence-corrected chi connectivity index (χ1v) is 6.43. The monoisotopic (exact) mass is 275 g/mol. The van der Waals surface area contributed by atoms with E-state index in [1.165, 1.54) is 4.90 Å². The Morgan fingerprint density at radius 2 is 2.30 bits per heavy atom. The molecule has 3 N–H and O–H groups in total. The third-order valence-electron chi connectivity index (χ3n) is 3.15. The molecule has 1 aliphatic carbocycles. The summed E-state index contributed by atoms with van der Waals surface area (Å²) in [6.07, 6.45) is 7.49. The molecule has 0 bridgehead atoms. The van der Waals surface area contributed by atoms with E-state index in [0.29, 0.717) is 18.2 Å². The van der Waals surface area contributed by atoms with Crippen LogP contribution >= 0.6 is 0 Å². The second kappa shape index (κ2) is 5.70. The number of urea groups is 1. The number of nitrogens with zero attached hydrogens (tertiary/aromatic N) is 1. The average Bonchev–Trinajstić information content (AvgIpc) is 3.11. The van der Waals surface area contributed by atoms with Crippen molar-refractivity contribution in [2.75, 3.05) is 18.4 Å². The predicted octanol–water partition coefficient (Wildman–Crippen LogP) is 1.90. The zero-order valence-electron chi connectivity index (χ0n) is 11.3. The van der Waals surface area contributed by atoms with Crippen molar-refractivity contribution in [2.24, 2.45) is 5.92 Å². The zero-order chi connectivity index (χ0) is 14.7. The summed E-state index contributed by atoms with van der Waals surface area (Å²) in [6, 6.07) is 1.23. The molecule has 1 aromatic rings. The Morgan fingerprint density at radius 3 is 2.85 bits per heavy atom. The van der Waals surface area contributed by atoms with Crippen LogP contribution in [0.3, 0.4) is 0 Å². The molecule has 6 nitrogen and oxygen atoms in total. The SMILES string of the molecule is C#CCN(CC1CC1)C(=O)Nc1cc(C)[nH]c1C(=O)O. The van der Waals surface area contributed by atoms with E-state index in [4.69, 9.17) is 11.5 Å². The third-order valence-corrected chi connectivity index (χ3v) is 3.15. The second-order valence-corrected chi connectivity index (χ2v) is 5.00. The number of carboxylic acids is 1. The van der Waals surface area contributed by atoms with Crippen LogP contribution in [0.15, 0.2) is 6.07 Å². The molecular weight excluding hydrogens is 258 g/mol. The average molecular weight is 275 g/mol. The van der Waals surface area contributed by atoms with E-state index in [0.717, 1.165) is 12.8 Å². The number of aryl methyl sites for hydroxylation is 1. The van der Waals surface area contributed by atoms with E-state index in [-0.39, 0.29) is 24.0 Å². The van der Waals surface area contributed by atoms with Crippen molar-refractivity contribution >= 4 is 17.7 Å². The molecule has 0 spiro atoms. The first-order valence-electron chi connectivity index (χ1n) is 6.43. The van der Waals surface area contributed by atoms with Crippen molar-refractivity contribution in [2.45, 2.75) is 19.8 Å². The number of amides is 2. The first-order chi connectivity index (χ1) is 9.51. The molecule has 0 aliphatic heterocycles. The fourth-order valence-corrected chi connectivity index (χ4v) is 1.99. The number of carbonyl (C=O) groups excluding carboxylic acids is 1. The lowest BCUT2D eigenvalue weighted by Gasteiger charge is -2.20. The summed E-state index contributed by atoms with van der Waals surface area (Å²) < 4.78 is 0. The number of aromatic nitrogens is 1. The van der Waals surface area contributed by atoms with Gasteiger partial charge in [0.2, 0.25) is 0 Å². The van der Waals surface area contributed by atoms with Gasteiger partial charge in [0.05, 0.1) is 12.2 Å². The van der Waals surface area contributed by atoms with E-state index in [1.54, 1.807) is 13.0 Å². The fraction of sp³-hybridized carbons (Fsp3) is 0.429. The summed E-state index contributed by atoms with van der Waals surface area (Å²) in [5, 5.41) is 11.7. The first kappa shape index (κ1) is 14.0. The van der Waals surface area contributed by atoms with Crippen LogP contribution < -0.4 is 5.32 Å². The van der Waals surface area contributed by atoms with Crippen LogP contribution in [0.4, 0.5) is 10.5 Å². The molecule has 1 aliphatic rings. The Labute approximate surface area is 117 Å². The van der Waals surface area contributed by atoms with E-state index in [1.807, 2.05) is 0 Å². The summed E-state index contributed by atoms with van der Waals surface area (Å²) >= 11 is 0. The molecule has 6 heteroatoms. The largest absolute Gasteiger partial charge is 0.477 e. The number of hydrogen-bond donors (Lipinski definition) is 3. The lowest BCUT2D eigenvalue weighted by molar-refractivity contribution is 0.0692. The summed E-state index contributed by atoms with van der Waals surface area (Å²) in [5.41, 5.74) is 0.907. The van der Waals surface area contributed by atoms with Crippen molar-refractivity contribution in [1.29, 1.82) is 0 Å². The number of terminal acetylenes is 1. The van der Waals surface area contributed by atoms with Gasteiger partial charge in [-0.15, -0.1) is 6.42 Å². The molecule has 20 heavy (non-hydrogen) atoms. The number of nitrogens with one attached hydrogen (secondary N) is 2. The Hall–Kier alpha value is -2.42. The maximum Gasteiger partial charge on any atom is 0.354 e. The van der Waals surface area contributed by atoms with E-state index in [9.17, 15) is 9.59 Å². The predicted molar refractivity (Wildman–Crippen MR) is 74.6 cm³/mol. The van der Waals surface area contributed by atoms with Gasteiger partial charge in [0, 0.05) is 12.2 Å². The van der Waals surface area contributed by atoms with Crippen LogP contribution in [0, 0.1) is 25.2 Å². The van der Waals surface area contributed by atoms with Gasteiger partial charge in [-0.2, -0.15) is 0 Å². The number of H-pyrrole nitrogens is 1. The minimum absolute atomic E-state index is 0.0251. The van der Waals surface area contributed by atoms with Gasteiger partial charge in [-0.25, -0.2) is 9.59 Å². The zero-order valence-corrected chi connectivity index (χ0v) is 11.3. The number of carboxylic acid groups (broad SMARTS) is 1. The molecular formula is C14H17N3O3. The van der Waals surface area contributed by atoms with E-state index < -0.39 is 5.97 Å². The Bertz CT molecular complexity index is 567. The van der Waals surface area contributed by atoms with Crippen LogP contribution in [0.5, 0.6) is 0 Å². The Morgan fingerprint density at radius 1 is 1.60 bits per heavy atom. The Kier molecular flexibility index (Phi) is 3.99. The van der Waals surface area contributed by atoms with E-state index in [2.05, 4.69) is 16.2 Å². The molecule has 106 valence electrons. The summed E-state index contributed by atoms with van der Waals surface area (Å²) in [6.45, 7) is 2.56. The molecule has 0 saturated heterocycles. The molecule has 1 fully saturated rings. The van der Waals surface area contributed by atoms with Gasteiger partial charge in [-0.3, -0.25) is 0 Å². The smallest absolute Gasteiger partial charge is 0.354 e. The quantitative estimate of drug-likeness (QED) is 0.717. The van der Waals surface area contributed by atoms with Gasteiger partial charge in [0.15, 0.2) is 0 Å². The standard InChI is InChI=1S/C14H17N3O3/c1-3-6-17(8-10-4-5-10)14(20)16-11-7-9(2)15-12(11)13(18)19/h1,7,10,15H,4-6,8H2,2H3,(H,16,20)(H,18,19). The van der Waals surface area contributed by atoms with Gasteiger partial charge in [-0.05, 0) is 31.7 Å². The lowest BCUT2D eigenvalue weighted by atomic mass is 10.3. The van der Waals surface area contributed by atoms with Gasteiger partial charge in [0.25, 0.3) is 0 Å². The molecule has 0 radical (unpaired) electrons. The van der Waals surface area contributed by atoms with Gasteiger partial charge in [-0.1, -0.05) is 5.92 Å². The second-order valence-electron chi connectivity index (χ2n) is 5.00. The maximum atomic E-state index is 12.2. The van der Waals surface area contributed by atoms with E-state index >= 15 is 0 Å². The van der Waals surface area contributed by atoms with Crippen molar-refractivity contribution in [3.63, 3.8) is 0 Å². The number of carbonyl (C=O) groups is 2. The molecule has 1 heterocycles. The minimum atomic E-state index is -1.11. The number of aromatic carboxylic acids is 1. The highest BCUT2D eigenvalue weighted by Crippen LogP contribution is 2.30. The van der Waals surface area contributed by atoms with Gasteiger partial charge < -0.3 is 20.3 Å². The molecule has 0 unspecified atom stereocenters. The van der Waals surface area contributed by atoms with Crippen LogP contribution in [-0.2, 0) is 0 Å². The van der Waals surface area contributed by atoms with Crippen LogP contribution in [0.2, 0.25) is 0 Å². The lowest BCUT2D eigenvalue weighted by Crippen LogP contribution is -2.37. The minimum Gasteiger partial charge on any atom is -0.477 e. The highest BCUT2D eigenvalue weighted by Gasteiger charge is 2.27. The van der Waals surface area contributed by atoms with Gasteiger partial charge in [0.1, 0.15) is 5.69 Å². The van der Waals surface area contributed by atoms with Crippen LogP contribution in [0.25, 0.3) is 0 Å². The molecule has 0 atom stereocenters. The molecule has 1 saturated carbocycles. The summed E-state index contributed by atoms with van der Waals surface area (Å²) in [7, 11) is 0. The van der Waals surface area contributed by atoms with Crippen LogP contribution in [-0.4, -0.2) is 40.1 Å². The normalized spacial score (nSPS) is 13.6. The highest BCUT2D eigenvalue weighted by molar-refractivity contribution is 5.99. The molecule has 2 rings (SSSR count). The van der Waals surface area contributed by atoms with Crippen molar-refractivity contribution in [1.82, 2.24) is 9.88 Å². The summed E-state index contributed by atoms with van der Waals surface area (Å²) in [4.78, 5) is 27.5. The molecule has 2 amide bonds. The number of aromatic amines is 1. The van der Waals surface area contributed by atoms with Crippen molar-refractivity contribution < 1.29 is 14.7 Å². The Balaban J connectivity index is 2.08. The highest BCUT2D eigenvalue weighted by atomic mass is 16.4. The molecule has 1 aromatic heterocycles. The fourth-order valence-electron chi connectivity index (χ4n) is 1.99. The third kappa shape index (κ3) is 3.32. The topological polar surface area (TPSA) is 85.4 Å². The van der Waals surface area contributed by atoms with Gasteiger partial charge >= 0.3 is 12.0 Å². The number of anilines is 1. The summed E-state index contributed by atoms with van der Waals surface area (Å²) in [5.74, 6) is 1.85. The molecule has 0 aromatic carbocycles. The maximum absolute atomic E-state index is 12.2. The van der Waals surface area contributed by atoms with Crippen molar-refractivity contribution in [3.05, 3.63) is 17.5 Å².